The van der Waals surface area contributed by atoms with Gasteiger partial charge in [-0.05, 0) is 12.1 Å². The standard InChI is InChI=1S/C18H18F6N2O3/c1-25(2)11-7-5-9-13-10(6-8-12(14(11)13)26(3)4)16(28,18(22,23)24)29-15(9,27)17(19,20)21/h5-8,27-28H,1-4H3. The van der Waals surface area contributed by atoms with Crippen LogP contribution in [-0.2, 0) is 16.3 Å². The molecule has 2 N–H and O–H groups in total. The lowest BCUT2D eigenvalue weighted by Gasteiger charge is -2.44. The molecule has 2 aromatic rings. The zero-order chi connectivity index (χ0) is 22.2. The summed E-state index contributed by atoms with van der Waals surface area (Å²) < 4.78 is 86.4. The van der Waals surface area contributed by atoms with Crippen LogP contribution in [0.5, 0.6) is 0 Å². The van der Waals surface area contributed by atoms with Crippen molar-refractivity contribution < 1.29 is 41.3 Å². The van der Waals surface area contributed by atoms with Crippen LogP contribution in [0.4, 0.5) is 37.7 Å². The quantitative estimate of drug-likeness (QED) is 0.724. The molecule has 2 atom stereocenters. The van der Waals surface area contributed by atoms with Gasteiger partial charge in [-0.1, -0.05) is 12.1 Å². The molecular weight excluding hydrogens is 406 g/mol. The Hall–Kier alpha value is -2.24. The fourth-order valence-corrected chi connectivity index (χ4v) is 3.51. The van der Waals surface area contributed by atoms with Crippen LogP contribution in [0.25, 0.3) is 10.8 Å². The molecule has 0 bridgehead atoms. The Bertz CT molecular complexity index is 900. The minimum Gasteiger partial charge on any atom is -0.377 e. The highest BCUT2D eigenvalue weighted by Gasteiger charge is 2.70. The molecule has 0 spiro atoms. The van der Waals surface area contributed by atoms with E-state index in [0.29, 0.717) is 11.4 Å². The summed E-state index contributed by atoms with van der Waals surface area (Å²) >= 11 is 0. The number of ether oxygens (including phenoxy) is 1. The Kier molecular flexibility index (Phi) is 4.54. The molecule has 3 rings (SSSR count). The molecule has 0 aliphatic carbocycles. The van der Waals surface area contributed by atoms with Crippen molar-refractivity contribution in [2.45, 2.75) is 23.9 Å². The lowest BCUT2D eigenvalue weighted by atomic mass is 9.85. The average molecular weight is 424 g/mol. The van der Waals surface area contributed by atoms with Gasteiger partial charge in [-0.25, -0.2) is 0 Å². The van der Waals surface area contributed by atoms with E-state index in [-0.39, 0.29) is 5.39 Å². The number of alkyl halides is 6. The van der Waals surface area contributed by atoms with Crippen LogP contribution in [0.15, 0.2) is 24.3 Å². The van der Waals surface area contributed by atoms with Crippen LogP contribution in [0.1, 0.15) is 11.1 Å². The number of hydrogen-bond acceptors (Lipinski definition) is 5. The lowest BCUT2D eigenvalue weighted by Crippen LogP contribution is -2.58. The van der Waals surface area contributed by atoms with Crippen molar-refractivity contribution in [1.29, 1.82) is 0 Å². The molecule has 1 aliphatic heterocycles. The van der Waals surface area contributed by atoms with Crippen molar-refractivity contribution in [2.24, 2.45) is 0 Å². The maximum atomic E-state index is 13.7. The van der Waals surface area contributed by atoms with Gasteiger partial charge >= 0.3 is 12.4 Å². The van der Waals surface area contributed by atoms with Gasteiger partial charge in [0, 0.05) is 61.5 Å². The predicted octanol–water partition coefficient (Wildman–Crippen LogP) is 3.42. The fourth-order valence-electron chi connectivity index (χ4n) is 3.51. The van der Waals surface area contributed by atoms with Crippen LogP contribution in [0, 0.1) is 0 Å². The highest BCUT2D eigenvalue weighted by molar-refractivity contribution is 6.07. The predicted molar refractivity (Wildman–Crippen MR) is 93.6 cm³/mol. The van der Waals surface area contributed by atoms with Crippen LogP contribution in [0.3, 0.4) is 0 Å². The Balaban J connectivity index is 2.62. The third-order valence-corrected chi connectivity index (χ3v) is 4.87. The van der Waals surface area contributed by atoms with Crippen molar-refractivity contribution in [2.75, 3.05) is 38.0 Å². The number of anilines is 2. The van der Waals surface area contributed by atoms with Gasteiger partial charge in [-0.2, -0.15) is 26.3 Å². The molecule has 0 radical (unpaired) electrons. The minimum atomic E-state index is -5.66. The largest absolute Gasteiger partial charge is 0.448 e. The molecule has 29 heavy (non-hydrogen) atoms. The molecule has 0 saturated carbocycles. The molecule has 0 fully saturated rings. The van der Waals surface area contributed by atoms with E-state index in [9.17, 15) is 36.6 Å². The Morgan fingerprint density at radius 2 is 1.03 bits per heavy atom. The number of halogens is 6. The second kappa shape index (κ2) is 6.13. The summed E-state index contributed by atoms with van der Waals surface area (Å²) in [6.07, 6.45) is -11.3. The summed E-state index contributed by atoms with van der Waals surface area (Å²) in [4.78, 5) is 3.01. The molecule has 2 aromatic carbocycles. The number of nitrogens with zero attached hydrogens (tertiary/aromatic N) is 2. The zero-order valence-electron chi connectivity index (χ0n) is 15.8. The monoisotopic (exact) mass is 424 g/mol. The Morgan fingerprint density at radius 1 is 0.690 bits per heavy atom. The van der Waals surface area contributed by atoms with E-state index in [1.807, 2.05) is 0 Å². The number of hydrogen-bond donors (Lipinski definition) is 2. The number of aliphatic hydroxyl groups is 2. The second-order valence-electron chi connectivity index (χ2n) is 7.19. The molecule has 0 aromatic heterocycles. The number of benzene rings is 2. The fraction of sp³-hybridized carbons (Fsp3) is 0.444. The SMILES string of the molecule is CN(C)c1ccc2c3c(ccc(N(C)C)c13)C(O)(C(F)(F)F)OC2(O)C(F)(F)F. The van der Waals surface area contributed by atoms with Gasteiger partial charge in [0.05, 0.1) is 0 Å². The third-order valence-electron chi connectivity index (χ3n) is 4.87. The molecular formula is C18H18F6N2O3. The van der Waals surface area contributed by atoms with Gasteiger partial charge < -0.3 is 20.0 Å². The van der Waals surface area contributed by atoms with Gasteiger partial charge in [0.1, 0.15) is 0 Å². The van der Waals surface area contributed by atoms with Gasteiger partial charge in [0.2, 0.25) is 0 Å². The van der Waals surface area contributed by atoms with Crippen molar-refractivity contribution in [1.82, 2.24) is 0 Å². The van der Waals surface area contributed by atoms with E-state index in [0.717, 1.165) is 12.1 Å². The first-order valence-corrected chi connectivity index (χ1v) is 8.30. The zero-order valence-corrected chi connectivity index (χ0v) is 15.8. The van der Waals surface area contributed by atoms with Gasteiger partial charge in [-0.15, -0.1) is 0 Å². The molecule has 1 heterocycles. The number of rotatable bonds is 2. The van der Waals surface area contributed by atoms with E-state index < -0.39 is 40.4 Å². The molecule has 11 heteroatoms. The summed E-state index contributed by atoms with van der Waals surface area (Å²) in [5, 5.41) is 20.0. The smallest absolute Gasteiger partial charge is 0.377 e. The van der Waals surface area contributed by atoms with Crippen molar-refractivity contribution >= 4 is 22.1 Å². The first-order chi connectivity index (χ1) is 13.1. The van der Waals surface area contributed by atoms with Crippen LogP contribution >= 0.6 is 0 Å². The van der Waals surface area contributed by atoms with Crippen LogP contribution in [-0.4, -0.2) is 50.8 Å². The normalized spacial score (nSPS) is 24.7. The van der Waals surface area contributed by atoms with Gasteiger partial charge in [-0.3, -0.25) is 4.74 Å². The van der Waals surface area contributed by atoms with Gasteiger partial charge in [0.25, 0.3) is 11.6 Å². The van der Waals surface area contributed by atoms with E-state index in [1.54, 1.807) is 28.2 Å². The summed E-state index contributed by atoms with van der Waals surface area (Å²) in [5.41, 5.74) is -1.27. The molecule has 160 valence electrons. The van der Waals surface area contributed by atoms with E-state index in [4.69, 9.17) is 0 Å². The highest BCUT2D eigenvalue weighted by Crippen LogP contribution is 2.57. The van der Waals surface area contributed by atoms with Crippen molar-refractivity contribution in [3.8, 4) is 0 Å². The summed E-state index contributed by atoms with van der Waals surface area (Å²) in [6.45, 7) is 0. The first kappa shape index (κ1) is 21.5. The summed E-state index contributed by atoms with van der Waals surface area (Å²) in [6, 6.07) is 4.19. The molecule has 2 unspecified atom stereocenters. The first-order valence-electron chi connectivity index (χ1n) is 8.30. The van der Waals surface area contributed by atoms with Crippen LogP contribution in [0.2, 0.25) is 0 Å². The average Bonchev–Trinajstić information content (AvgIpc) is 2.56. The van der Waals surface area contributed by atoms with E-state index in [2.05, 4.69) is 4.74 Å². The Labute approximate surface area is 161 Å². The molecule has 5 nitrogen and oxygen atoms in total. The maximum absolute atomic E-state index is 13.7. The third kappa shape index (κ3) is 2.82. The van der Waals surface area contributed by atoms with E-state index >= 15 is 0 Å². The van der Waals surface area contributed by atoms with Crippen LogP contribution < -0.4 is 9.80 Å². The minimum absolute atomic E-state index is 0.00338. The lowest BCUT2D eigenvalue weighted by molar-refractivity contribution is -0.487. The molecule has 0 saturated heterocycles. The highest BCUT2D eigenvalue weighted by atomic mass is 19.4. The molecule has 1 aliphatic rings. The van der Waals surface area contributed by atoms with Gasteiger partial charge in [0.15, 0.2) is 0 Å². The second-order valence-corrected chi connectivity index (χ2v) is 7.19. The maximum Gasteiger partial charge on any atom is 0.448 e. The molecule has 0 amide bonds. The Morgan fingerprint density at radius 3 is 1.31 bits per heavy atom. The van der Waals surface area contributed by atoms with Crippen molar-refractivity contribution in [3.05, 3.63) is 35.4 Å². The van der Waals surface area contributed by atoms with E-state index in [1.165, 1.54) is 21.9 Å². The summed E-state index contributed by atoms with van der Waals surface area (Å²) in [5.74, 6) is -8.75. The summed E-state index contributed by atoms with van der Waals surface area (Å²) in [7, 11) is 6.26. The van der Waals surface area contributed by atoms with Crippen molar-refractivity contribution in [3.63, 3.8) is 0 Å². The topological polar surface area (TPSA) is 56.2 Å².